The van der Waals surface area contributed by atoms with Crippen LogP contribution in [0.1, 0.15) is 28.5 Å². The summed E-state index contributed by atoms with van der Waals surface area (Å²) in [5, 5.41) is 0. The smallest absolute Gasteiger partial charge is 0.259 e. The predicted octanol–water partition coefficient (Wildman–Crippen LogP) is 4.81. The van der Waals surface area contributed by atoms with Crippen LogP contribution >= 0.6 is 0 Å². The Labute approximate surface area is 199 Å². The molecule has 0 fully saturated rings. The number of rotatable bonds is 9. The van der Waals surface area contributed by atoms with Crippen molar-refractivity contribution in [3.63, 3.8) is 0 Å². The molecule has 0 aliphatic carbocycles. The van der Waals surface area contributed by atoms with Gasteiger partial charge in [0, 0.05) is 25.2 Å². The maximum absolute atomic E-state index is 13.2. The lowest BCUT2D eigenvalue weighted by atomic mass is 10.1. The molecule has 2 aromatic heterocycles. The Morgan fingerprint density at radius 1 is 1.00 bits per heavy atom. The first-order valence-corrected chi connectivity index (χ1v) is 11.2. The van der Waals surface area contributed by atoms with Crippen molar-refractivity contribution in [2.75, 3.05) is 32.8 Å². The van der Waals surface area contributed by atoms with Gasteiger partial charge in [0.05, 0.1) is 26.5 Å². The molecule has 0 atom stereocenters. The van der Waals surface area contributed by atoms with Crippen LogP contribution in [0.5, 0.6) is 17.2 Å². The minimum absolute atomic E-state index is 0.122. The zero-order valence-corrected chi connectivity index (χ0v) is 19.9. The number of hydrogen-bond acceptors (Lipinski definition) is 5. The number of ether oxygens (including phenoxy) is 3. The number of fused-ring (bicyclic) bond motifs is 1. The van der Waals surface area contributed by atoms with E-state index in [2.05, 4.69) is 6.07 Å². The predicted molar refractivity (Wildman–Crippen MR) is 132 cm³/mol. The fourth-order valence-corrected chi connectivity index (χ4v) is 3.91. The molecule has 2 heterocycles. The van der Waals surface area contributed by atoms with Crippen molar-refractivity contribution < 1.29 is 19.0 Å². The molecular formula is C27H29N3O4. The molecule has 0 saturated heterocycles. The van der Waals surface area contributed by atoms with Crippen LogP contribution in [0, 0.1) is 0 Å². The second kappa shape index (κ2) is 10.3. The summed E-state index contributed by atoms with van der Waals surface area (Å²) in [6.45, 7) is 2.53. The van der Waals surface area contributed by atoms with E-state index in [1.807, 2.05) is 47.9 Å². The Balaban J connectivity index is 1.58. The van der Waals surface area contributed by atoms with Gasteiger partial charge in [0.1, 0.15) is 17.3 Å². The van der Waals surface area contributed by atoms with E-state index in [0.29, 0.717) is 35.7 Å². The van der Waals surface area contributed by atoms with Gasteiger partial charge in [-0.3, -0.25) is 14.1 Å². The van der Waals surface area contributed by atoms with Gasteiger partial charge in [0.25, 0.3) is 5.91 Å². The number of pyridine rings is 1. The Hall–Kier alpha value is -4.00. The van der Waals surface area contributed by atoms with Crippen molar-refractivity contribution in [3.05, 3.63) is 83.7 Å². The molecule has 4 aromatic rings. The van der Waals surface area contributed by atoms with E-state index >= 15 is 0 Å². The summed E-state index contributed by atoms with van der Waals surface area (Å²) in [4.78, 5) is 19.7. The van der Waals surface area contributed by atoms with Crippen LogP contribution in [0.3, 0.4) is 0 Å². The van der Waals surface area contributed by atoms with E-state index in [-0.39, 0.29) is 5.91 Å². The van der Waals surface area contributed by atoms with E-state index < -0.39 is 0 Å². The van der Waals surface area contributed by atoms with E-state index in [4.69, 9.17) is 19.2 Å². The number of imidazole rings is 1. The van der Waals surface area contributed by atoms with Gasteiger partial charge >= 0.3 is 0 Å². The van der Waals surface area contributed by atoms with E-state index in [1.54, 1.807) is 50.4 Å². The molecular weight excluding hydrogens is 430 g/mol. The number of anilines is 1. The third kappa shape index (κ3) is 4.69. The molecule has 7 nitrogen and oxygen atoms in total. The fraction of sp³-hybridized carbons (Fsp3) is 0.259. The van der Waals surface area contributed by atoms with Crippen molar-refractivity contribution >= 4 is 17.4 Å². The monoisotopic (exact) mass is 459 g/mol. The maximum Gasteiger partial charge on any atom is 0.259 e. The summed E-state index contributed by atoms with van der Waals surface area (Å²) < 4.78 is 18.5. The molecule has 0 aliphatic rings. The summed E-state index contributed by atoms with van der Waals surface area (Å²) in [6, 6.07) is 18.9. The highest BCUT2D eigenvalue weighted by Gasteiger charge is 2.22. The van der Waals surface area contributed by atoms with Gasteiger partial charge in [-0.25, -0.2) is 4.98 Å². The first-order valence-electron chi connectivity index (χ1n) is 11.2. The number of methoxy groups -OCH3 is 2. The number of carbonyl (C=O) groups excluding carboxylic acids is 1. The summed E-state index contributed by atoms with van der Waals surface area (Å²) in [5.74, 6) is 2.82. The standard InChI is InChI=1S/C27H29N3O4/c1-5-23-26(29(2)27(31)20-11-13-21(32-3)14-12-20)30-16-7-10-24(25(30)28-23)34-17-15-19-8-6-9-22(18-19)33-4/h6-14,16,18H,5,15,17H2,1-4H3. The average Bonchev–Trinajstić information content (AvgIpc) is 3.27. The maximum atomic E-state index is 13.2. The summed E-state index contributed by atoms with van der Waals surface area (Å²) in [7, 11) is 5.03. The third-order valence-electron chi connectivity index (χ3n) is 5.74. The van der Waals surface area contributed by atoms with Crippen LogP contribution in [0.2, 0.25) is 0 Å². The molecule has 176 valence electrons. The van der Waals surface area contributed by atoms with Gasteiger partial charge in [0.2, 0.25) is 0 Å². The molecule has 34 heavy (non-hydrogen) atoms. The summed E-state index contributed by atoms with van der Waals surface area (Å²) in [5.41, 5.74) is 3.22. The molecule has 0 aliphatic heterocycles. The van der Waals surface area contributed by atoms with Crippen molar-refractivity contribution in [3.8, 4) is 17.2 Å². The lowest BCUT2D eigenvalue weighted by Gasteiger charge is -2.18. The number of amides is 1. The van der Waals surface area contributed by atoms with Gasteiger partial charge in [-0.2, -0.15) is 0 Å². The van der Waals surface area contributed by atoms with Gasteiger partial charge < -0.3 is 14.2 Å². The lowest BCUT2D eigenvalue weighted by molar-refractivity contribution is 0.0992. The van der Waals surface area contributed by atoms with Crippen molar-refractivity contribution in [2.24, 2.45) is 0 Å². The van der Waals surface area contributed by atoms with Crippen LogP contribution in [-0.2, 0) is 12.8 Å². The Bertz CT molecular complexity index is 1280. The quantitative estimate of drug-likeness (QED) is 0.359. The Morgan fingerprint density at radius 3 is 2.47 bits per heavy atom. The minimum Gasteiger partial charge on any atom is -0.497 e. The highest BCUT2D eigenvalue weighted by molar-refractivity contribution is 6.05. The third-order valence-corrected chi connectivity index (χ3v) is 5.74. The zero-order valence-electron chi connectivity index (χ0n) is 19.9. The van der Waals surface area contributed by atoms with Crippen LogP contribution in [-0.4, -0.2) is 43.2 Å². The fourth-order valence-electron chi connectivity index (χ4n) is 3.91. The van der Waals surface area contributed by atoms with E-state index in [1.165, 1.54) is 0 Å². The first-order chi connectivity index (χ1) is 16.5. The molecule has 0 saturated carbocycles. The average molecular weight is 460 g/mol. The molecule has 2 aromatic carbocycles. The summed E-state index contributed by atoms with van der Waals surface area (Å²) >= 11 is 0. The minimum atomic E-state index is -0.122. The molecule has 0 unspecified atom stereocenters. The first kappa shape index (κ1) is 23.2. The van der Waals surface area contributed by atoms with E-state index in [0.717, 1.165) is 29.2 Å². The second-order valence-electron chi connectivity index (χ2n) is 7.84. The molecule has 0 bridgehead atoms. The van der Waals surface area contributed by atoms with Crippen LogP contribution in [0.25, 0.3) is 5.65 Å². The lowest BCUT2D eigenvalue weighted by Crippen LogP contribution is -2.28. The molecule has 0 radical (unpaired) electrons. The van der Waals surface area contributed by atoms with Gasteiger partial charge in [-0.1, -0.05) is 19.1 Å². The van der Waals surface area contributed by atoms with Crippen LogP contribution in [0.4, 0.5) is 5.82 Å². The highest BCUT2D eigenvalue weighted by atomic mass is 16.5. The number of aryl methyl sites for hydroxylation is 1. The zero-order chi connectivity index (χ0) is 24.1. The molecule has 0 N–H and O–H groups in total. The number of aromatic nitrogens is 2. The topological polar surface area (TPSA) is 65.3 Å². The molecule has 4 rings (SSSR count). The largest absolute Gasteiger partial charge is 0.497 e. The number of nitrogens with zero attached hydrogens (tertiary/aromatic N) is 3. The Kier molecular flexibility index (Phi) is 7.01. The number of carbonyl (C=O) groups is 1. The van der Waals surface area contributed by atoms with Gasteiger partial charge in [0.15, 0.2) is 11.4 Å². The number of hydrogen-bond donors (Lipinski definition) is 0. The highest BCUT2D eigenvalue weighted by Crippen LogP contribution is 2.29. The van der Waals surface area contributed by atoms with E-state index in [9.17, 15) is 4.79 Å². The van der Waals surface area contributed by atoms with Gasteiger partial charge in [-0.05, 0) is 60.5 Å². The normalized spacial score (nSPS) is 10.8. The number of benzene rings is 2. The van der Waals surface area contributed by atoms with Crippen molar-refractivity contribution in [2.45, 2.75) is 19.8 Å². The molecule has 0 spiro atoms. The van der Waals surface area contributed by atoms with Crippen molar-refractivity contribution in [1.82, 2.24) is 9.38 Å². The second-order valence-corrected chi connectivity index (χ2v) is 7.84. The van der Waals surface area contributed by atoms with Crippen LogP contribution in [0.15, 0.2) is 66.9 Å². The molecule has 7 heteroatoms. The van der Waals surface area contributed by atoms with Crippen LogP contribution < -0.4 is 19.1 Å². The SMILES string of the molecule is CCc1nc2c(OCCc3cccc(OC)c3)cccn2c1N(C)C(=O)c1ccc(OC)cc1. The Morgan fingerprint density at radius 2 is 1.76 bits per heavy atom. The van der Waals surface area contributed by atoms with Crippen molar-refractivity contribution in [1.29, 1.82) is 0 Å². The molecule has 1 amide bonds. The summed E-state index contributed by atoms with van der Waals surface area (Å²) in [6.07, 6.45) is 3.33. The van der Waals surface area contributed by atoms with Gasteiger partial charge in [-0.15, -0.1) is 0 Å².